The van der Waals surface area contributed by atoms with Crippen molar-refractivity contribution >= 4 is 5.71 Å². The first-order valence-electron chi connectivity index (χ1n) is 9.81. The third kappa shape index (κ3) is 2.92. The first kappa shape index (κ1) is 18.4. The lowest BCUT2D eigenvalue weighted by atomic mass is 9.95. The molecule has 0 saturated carbocycles. The van der Waals surface area contributed by atoms with Crippen LogP contribution in [0.4, 0.5) is 0 Å². The summed E-state index contributed by atoms with van der Waals surface area (Å²) < 4.78 is 17.2. The Bertz CT molecular complexity index is 1130. The Kier molecular flexibility index (Phi) is 4.47. The summed E-state index contributed by atoms with van der Waals surface area (Å²) in [6, 6.07) is 21.1. The number of aromatic hydroxyl groups is 1. The number of para-hydroxylation sites is 2. The summed E-state index contributed by atoms with van der Waals surface area (Å²) in [5.41, 5.74) is 3.58. The molecular weight excluding hydrogens is 380 g/mol. The number of ether oxygens (including phenoxy) is 3. The smallest absolute Gasteiger partial charge is 0.214 e. The fraction of sp³-hybridized carbons (Fsp3) is 0.208. The van der Waals surface area contributed by atoms with Gasteiger partial charge in [-0.3, -0.25) is 0 Å². The first-order valence-corrected chi connectivity index (χ1v) is 9.81. The molecule has 152 valence electrons. The van der Waals surface area contributed by atoms with Gasteiger partial charge < -0.3 is 19.3 Å². The topological polar surface area (TPSA) is 63.5 Å². The largest absolute Gasteiger partial charge is 0.507 e. The molecule has 0 spiro atoms. The third-order valence-electron chi connectivity index (χ3n) is 5.61. The molecule has 30 heavy (non-hydrogen) atoms. The number of benzene rings is 3. The number of hydrogen-bond donors (Lipinski definition) is 1. The molecule has 1 N–H and O–H groups in total. The molecule has 2 atom stereocenters. The van der Waals surface area contributed by atoms with Crippen LogP contribution in [0.2, 0.25) is 0 Å². The second kappa shape index (κ2) is 7.30. The van der Waals surface area contributed by atoms with E-state index >= 15 is 0 Å². The molecule has 3 aromatic carbocycles. The number of nitrogens with zero attached hydrogens (tertiary/aromatic N) is 2. The van der Waals surface area contributed by atoms with Crippen LogP contribution in [0.25, 0.3) is 0 Å². The number of rotatable bonds is 4. The fourth-order valence-electron chi connectivity index (χ4n) is 4.14. The molecule has 6 nitrogen and oxygen atoms in total. The van der Waals surface area contributed by atoms with E-state index in [1.807, 2.05) is 59.6 Å². The van der Waals surface area contributed by atoms with Crippen LogP contribution in [-0.2, 0) is 0 Å². The minimum Gasteiger partial charge on any atom is -0.507 e. The molecule has 0 aromatic heterocycles. The summed E-state index contributed by atoms with van der Waals surface area (Å²) >= 11 is 0. The zero-order chi connectivity index (χ0) is 20.7. The van der Waals surface area contributed by atoms with Crippen molar-refractivity contribution in [2.75, 3.05) is 14.2 Å². The normalized spacial score (nSPS) is 19.4. The van der Waals surface area contributed by atoms with Crippen LogP contribution < -0.4 is 14.2 Å². The highest BCUT2D eigenvalue weighted by Gasteiger charge is 2.41. The maximum Gasteiger partial charge on any atom is 0.214 e. The van der Waals surface area contributed by atoms with Gasteiger partial charge in [0.1, 0.15) is 11.5 Å². The highest BCUT2D eigenvalue weighted by Crippen LogP contribution is 2.48. The Morgan fingerprint density at radius 2 is 1.73 bits per heavy atom. The predicted octanol–water partition coefficient (Wildman–Crippen LogP) is 4.65. The van der Waals surface area contributed by atoms with Gasteiger partial charge in [-0.05, 0) is 36.4 Å². The summed E-state index contributed by atoms with van der Waals surface area (Å²) in [7, 11) is 3.23. The number of fused-ring (bicyclic) bond motifs is 3. The van der Waals surface area contributed by atoms with Crippen LogP contribution in [0.3, 0.4) is 0 Å². The van der Waals surface area contributed by atoms with Crippen molar-refractivity contribution in [2.45, 2.75) is 18.7 Å². The van der Waals surface area contributed by atoms with Gasteiger partial charge in [0.15, 0.2) is 11.5 Å². The molecule has 2 aliphatic heterocycles. The lowest BCUT2D eigenvalue weighted by Crippen LogP contribution is -2.33. The monoisotopic (exact) mass is 402 g/mol. The fourth-order valence-corrected chi connectivity index (χ4v) is 4.14. The van der Waals surface area contributed by atoms with E-state index in [4.69, 9.17) is 19.3 Å². The van der Waals surface area contributed by atoms with E-state index in [9.17, 15) is 5.11 Å². The summed E-state index contributed by atoms with van der Waals surface area (Å²) in [6.45, 7) is 0. The minimum absolute atomic E-state index is 0.0163. The van der Waals surface area contributed by atoms with E-state index in [0.29, 0.717) is 17.9 Å². The molecule has 3 aromatic rings. The molecular formula is C24H22N2O4. The number of phenolic OH excluding ortho intramolecular Hbond substituents is 1. The van der Waals surface area contributed by atoms with Crippen molar-refractivity contribution in [1.82, 2.24) is 5.01 Å². The molecule has 0 fully saturated rings. The number of hydrazone groups is 1. The van der Waals surface area contributed by atoms with Crippen LogP contribution in [0.15, 0.2) is 71.8 Å². The Hall–Kier alpha value is -3.67. The molecule has 0 amide bonds. The Labute approximate surface area is 174 Å². The second-order valence-corrected chi connectivity index (χ2v) is 7.29. The van der Waals surface area contributed by atoms with Crippen molar-refractivity contribution in [1.29, 1.82) is 0 Å². The molecule has 0 radical (unpaired) electrons. The van der Waals surface area contributed by atoms with Crippen LogP contribution in [0.5, 0.6) is 23.0 Å². The van der Waals surface area contributed by atoms with Gasteiger partial charge in [0.05, 0.1) is 26.0 Å². The van der Waals surface area contributed by atoms with E-state index in [0.717, 1.165) is 28.2 Å². The van der Waals surface area contributed by atoms with Crippen molar-refractivity contribution < 1.29 is 19.3 Å². The summed E-state index contributed by atoms with van der Waals surface area (Å²) in [5.74, 6) is 2.37. The molecule has 2 aliphatic rings. The van der Waals surface area contributed by atoms with Crippen molar-refractivity contribution in [3.63, 3.8) is 0 Å². The summed E-state index contributed by atoms with van der Waals surface area (Å²) in [6.07, 6.45) is 0.259. The third-order valence-corrected chi connectivity index (χ3v) is 5.61. The lowest BCUT2D eigenvalue weighted by Gasteiger charge is -2.38. The van der Waals surface area contributed by atoms with E-state index in [-0.39, 0.29) is 11.8 Å². The summed E-state index contributed by atoms with van der Waals surface area (Å²) in [4.78, 5) is 0. The maximum atomic E-state index is 10.3. The second-order valence-electron chi connectivity index (χ2n) is 7.29. The standard InChI is InChI=1S/C24H22N2O4/c1-28-22-12-11-15(13-23(22)29-2)24-26-19(17-8-4-6-10-21(17)30-24)14-18(25-26)16-7-3-5-9-20(16)27/h3-13,19,24,27H,14H2,1-2H3/t19-,24+/m0/s1. The van der Waals surface area contributed by atoms with Crippen molar-refractivity contribution in [3.8, 4) is 23.0 Å². The highest BCUT2D eigenvalue weighted by molar-refractivity contribution is 6.04. The van der Waals surface area contributed by atoms with Gasteiger partial charge in [0.25, 0.3) is 0 Å². The highest BCUT2D eigenvalue weighted by atomic mass is 16.5. The number of hydrogen-bond acceptors (Lipinski definition) is 6. The van der Waals surface area contributed by atoms with Gasteiger partial charge in [0.2, 0.25) is 6.23 Å². The quantitative estimate of drug-likeness (QED) is 0.688. The Balaban J connectivity index is 1.60. The molecule has 5 rings (SSSR count). The van der Waals surface area contributed by atoms with Gasteiger partial charge in [-0.15, -0.1) is 0 Å². The van der Waals surface area contributed by atoms with E-state index in [1.165, 1.54) is 0 Å². The molecule has 0 unspecified atom stereocenters. The zero-order valence-electron chi connectivity index (χ0n) is 16.8. The van der Waals surface area contributed by atoms with Crippen molar-refractivity contribution in [3.05, 3.63) is 83.4 Å². The average molecular weight is 402 g/mol. The summed E-state index contributed by atoms with van der Waals surface area (Å²) in [5, 5.41) is 17.2. The number of phenols is 1. The molecule has 0 saturated heterocycles. The lowest BCUT2D eigenvalue weighted by molar-refractivity contribution is -0.0191. The van der Waals surface area contributed by atoms with E-state index < -0.39 is 6.23 Å². The van der Waals surface area contributed by atoms with Crippen molar-refractivity contribution in [2.24, 2.45) is 5.10 Å². The van der Waals surface area contributed by atoms with E-state index in [1.54, 1.807) is 20.3 Å². The van der Waals surface area contributed by atoms with E-state index in [2.05, 4.69) is 6.07 Å². The van der Waals surface area contributed by atoms with Gasteiger partial charge in [-0.25, -0.2) is 5.01 Å². The zero-order valence-corrected chi connectivity index (χ0v) is 16.8. The van der Waals surface area contributed by atoms with Crippen LogP contribution in [0.1, 0.15) is 35.4 Å². The van der Waals surface area contributed by atoms with Gasteiger partial charge in [-0.2, -0.15) is 5.10 Å². The van der Waals surface area contributed by atoms with Crippen LogP contribution in [0, 0.1) is 0 Å². The first-order chi connectivity index (χ1) is 14.7. The van der Waals surface area contributed by atoms with Gasteiger partial charge in [-0.1, -0.05) is 30.3 Å². The Morgan fingerprint density at radius 1 is 0.967 bits per heavy atom. The molecule has 0 bridgehead atoms. The Morgan fingerprint density at radius 3 is 2.53 bits per heavy atom. The molecule has 0 aliphatic carbocycles. The average Bonchev–Trinajstić information content (AvgIpc) is 3.24. The SMILES string of the molecule is COc1ccc([C@H]2Oc3ccccc3[C@@H]3CC(c4ccccc4O)=NN23)cc1OC. The number of methoxy groups -OCH3 is 2. The minimum atomic E-state index is -0.423. The maximum absolute atomic E-state index is 10.3. The molecule has 2 heterocycles. The molecule has 6 heteroatoms. The van der Waals surface area contributed by atoms with Crippen LogP contribution >= 0.6 is 0 Å². The van der Waals surface area contributed by atoms with Gasteiger partial charge >= 0.3 is 0 Å². The van der Waals surface area contributed by atoms with Crippen LogP contribution in [-0.4, -0.2) is 30.0 Å². The van der Waals surface area contributed by atoms with Gasteiger partial charge in [0, 0.05) is 23.1 Å². The predicted molar refractivity (Wildman–Crippen MR) is 113 cm³/mol.